The number of aromatic nitrogens is 1. The van der Waals surface area contributed by atoms with E-state index in [0.29, 0.717) is 12.3 Å². The molecule has 0 fully saturated rings. The molecule has 0 spiro atoms. The van der Waals surface area contributed by atoms with Gasteiger partial charge in [0.2, 0.25) is 5.91 Å². The highest BCUT2D eigenvalue weighted by Gasteiger charge is 2.16. The summed E-state index contributed by atoms with van der Waals surface area (Å²) in [5.74, 6) is 0.430. The van der Waals surface area contributed by atoms with Crippen molar-refractivity contribution in [1.82, 2.24) is 4.98 Å². The predicted octanol–water partition coefficient (Wildman–Crippen LogP) is 4.41. The SMILES string of the molecule is O=C(CSc1ccccn1)N(Cc1ccccc1)c1ccccc1. The Hall–Kier alpha value is -2.59. The molecule has 0 unspecified atom stereocenters. The summed E-state index contributed by atoms with van der Waals surface area (Å²) in [6.07, 6.45) is 1.74. The van der Waals surface area contributed by atoms with E-state index < -0.39 is 0 Å². The van der Waals surface area contributed by atoms with Crippen LogP contribution in [-0.4, -0.2) is 16.6 Å². The Kier molecular flexibility index (Phi) is 5.64. The van der Waals surface area contributed by atoms with E-state index in [1.807, 2.05) is 83.8 Å². The molecule has 0 saturated carbocycles. The molecule has 0 saturated heterocycles. The lowest BCUT2D eigenvalue weighted by molar-refractivity contribution is -0.116. The van der Waals surface area contributed by atoms with Gasteiger partial charge >= 0.3 is 0 Å². The van der Waals surface area contributed by atoms with Gasteiger partial charge in [0.1, 0.15) is 0 Å². The molecule has 4 heteroatoms. The number of hydrogen-bond donors (Lipinski definition) is 0. The molecule has 1 amide bonds. The summed E-state index contributed by atoms with van der Waals surface area (Å²) in [6.45, 7) is 0.562. The molecule has 0 atom stereocenters. The van der Waals surface area contributed by atoms with Crippen LogP contribution in [0.1, 0.15) is 5.56 Å². The van der Waals surface area contributed by atoms with Gasteiger partial charge in [-0.25, -0.2) is 4.98 Å². The van der Waals surface area contributed by atoms with Crippen LogP contribution in [0.4, 0.5) is 5.69 Å². The zero-order valence-corrected chi connectivity index (χ0v) is 14.0. The second kappa shape index (κ2) is 8.31. The third-order valence-electron chi connectivity index (χ3n) is 3.53. The van der Waals surface area contributed by atoms with E-state index in [9.17, 15) is 4.79 Å². The predicted molar refractivity (Wildman–Crippen MR) is 99.0 cm³/mol. The Morgan fingerprint density at radius 3 is 2.21 bits per heavy atom. The quantitative estimate of drug-likeness (QED) is 0.626. The number of nitrogens with zero attached hydrogens (tertiary/aromatic N) is 2. The lowest BCUT2D eigenvalue weighted by atomic mass is 10.2. The van der Waals surface area contributed by atoms with Gasteiger partial charge in [-0.2, -0.15) is 0 Å². The van der Waals surface area contributed by atoms with Crippen molar-refractivity contribution in [3.05, 3.63) is 90.6 Å². The molecule has 3 rings (SSSR count). The van der Waals surface area contributed by atoms with Gasteiger partial charge in [0.05, 0.1) is 17.3 Å². The van der Waals surface area contributed by atoms with Gasteiger partial charge in [0.15, 0.2) is 0 Å². The van der Waals surface area contributed by atoms with Crippen LogP contribution in [0.15, 0.2) is 90.1 Å². The first-order valence-electron chi connectivity index (χ1n) is 7.76. The second-order valence-electron chi connectivity index (χ2n) is 5.26. The number of benzene rings is 2. The highest BCUT2D eigenvalue weighted by Crippen LogP contribution is 2.21. The third-order valence-corrected chi connectivity index (χ3v) is 4.46. The van der Waals surface area contributed by atoms with E-state index in [2.05, 4.69) is 4.98 Å². The standard InChI is InChI=1S/C20H18N2OS/c23-20(16-24-19-13-7-8-14-21-19)22(18-11-5-2-6-12-18)15-17-9-3-1-4-10-17/h1-14H,15-16H2. The summed E-state index contributed by atoms with van der Waals surface area (Å²) >= 11 is 1.46. The molecule has 0 aliphatic carbocycles. The highest BCUT2D eigenvalue weighted by molar-refractivity contribution is 7.99. The summed E-state index contributed by atoms with van der Waals surface area (Å²) in [6, 6.07) is 25.5. The summed E-state index contributed by atoms with van der Waals surface area (Å²) in [5.41, 5.74) is 2.02. The third kappa shape index (κ3) is 4.46. The van der Waals surface area contributed by atoms with Crippen molar-refractivity contribution in [2.75, 3.05) is 10.7 Å². The van der Waals surface area contributed by atoms with Crippen LogP contribution in [-0.2, 0) is 11.3 Å². The number of hydrogen-bond acceptors (Lipinski definition) is 3. The maximum Gasteiger partial charge on any atom is 0.237 e. The van der Waals surface area contributed by atoms with Gasteiger partial charge in [-0.15, -0.1) is 0 Å². The number of pyridine rings is 1. The van der Waals surface area contributed by atoms with Crippen molar-refractivity contribution < 1.29 is 4.79 Å². The van der Waals surface area contributed by atoms with Gasteiger partial charge in [-0.3, -0.25) is 4.79 Å². The fourth-order valence-corrected chi connectivity index (χ4v) is 3.08. The fraction of sp³-hybridized carbons (Fsp3) is 0.100. The normalized spacial score (nSPS) is 10.3. The number of rotatable bonds is 6. The van der Waals surface area contributed by atoms with Crippen molar-refractivity contribution in [2.45, 2.75) is 11.6 Å². The first kappa shape index (κ1) is 16.3. The largest absolute Gasteiger partial charge is 0.307 e. The zero-order chi connectivity index (χ0) is 16.6. The lowest BCUT2D eigenvalue weighted by Crippen LogP contribution is -2.31. The molecule has 0 aliphatic rings. The molecule has 2 aromatic carbocycles. The lowest BCUT2D eigenvalue weighted by Gasteiger charge is -2.23. The first-order chi connectivity index (χ1) is 11.8. The first-order valence-corrected chi connectivity index (χ1v) is 8.74. The van der Waals surface area contributed by atoms with Crippen LogP contribution in [0.5, 0.6) is 0 Å². The van der Waals surface area contributed by atoms with Crippen LogP contribution in [0, 0.1) is 0 Å². The van der Waals surface area contributed by atoms with E-state index in [-0.39, 0.29) is 5.91 Å². The number of carbonyl (C=O) groups is 1. The smallest absolute Gasteiger partial charge is 0.237 e. The molecule has 120 valence electrons. The topological polar surface area (TPSA) is 33.2 Å². The number of carbonyl (C=O) groups excluding carboxylic acids is 1. The minimum absolute atomic E-state index is 0.0701. The molecule has 1 aromatic heterocycles. The average Bonchev–Trinajstić information content (AvgIpc) is 2.66. The molecular weight excluding hydrogens is 316 g/mol. The minimum Gasteiger partial charge on any atom is -0.307 e. The molecule has 0 aliphatic heterocycles. The summed E-state index contributed by atoms with van der Waals surface area (Å²) in [7, 11) is 0. The van der Waals surface area contributed by atoms with Crippen LogP contribution in [0.2, 0.25) is 0 Å². The Labute approximate surface area is 146 Å². The summed E-state index contributed by atoms with van der Waals surface area (Å²) in [5, 5.41) is 0.860. The fourth-order valence-electron chi connectivity index (χ4n) is 2.34. The number of thioether (sulfide) groups is 1. The maximum absolute atomic E-state index is 12.8. The monoisotopic (exact) mass is 334 g/mol. The Morgan fingerprint density at radius 1 is 0.875 bits per heavy atom. The van der Waals surface area contributed by atoms with E-state index in [4.69, 9.17) is 0 Å². The van der Waals surface area contributed by atoms with Crippen LogP contribution in [0.3, 0.4) is 0 Å². The van der Waals surface area contributed by atoms with E-state index in [1.54, 1.807) is 6.20 Å². The molecule has 0 radical (unpaired) electrons. The van der Waals surface area contributed by atoms with Gasteiger partial charge in [-0.1, -0.05) is 66.4 Å². The van der Waals surface area contributed by atoms with Crippen molar-refractivity contribution in [3.63, 3.8) is 0 Å². The molecular formula is C20H18N2OS. The number of amides is 1. The van der Waals surface area contributed by atoms with E-state index >= 15 is 0 Å². The summed E-state index contributed by atoms with van der Waals surface area (Å²) < 4.78 is 0. The van der Waals surface area contributed by atoms with Crippen LogP contribution >= 0.6 is 11.8 Å². The highest BCUT2D eigenvalue weighted by atomic mass is 32.2. The Bertz CT molecular complexity index is 763. The van der Waals surface area contributed by atoms with E-state index in [1.165, 1.54) is 11.8 Å². The van der Waals surface area contributed by atoms with Gasteiger partial charge in [0, 0.05) is 11.9 Å². The molecule has 0 bridgehead atoms. The molecule has 1 heterocycles. The van der Waals surface area contributed by atoms with Crippen molar-refractivity contribution in [3.8, 4) is 0 Å². The minimum atomic E-state index is 0.0701. The molecule has 24 heavy (non-hydrogen) atoms. The molecule has 3 nitrogen and oxygen atoms in total. The maximum atomic E-state index is 12.8. The van der Waals surface area contributed by atoms with Crippen molar-refractivity contribution in [2.24, 2.45) is 0 Å². The Balaban J connectivity index is 1.75. The van der Waals surface area contributed by atoms with Crippen LogP contribution < -0.4 is 4.90 Å². The van der Waals surface area contributed by atoms with Gasteiger partial charge in [0.25, 0.3) is 0 Å². The van der Waals surface area contributed by atoms with Crippen LogP contribution in [0.25, 0.3) is 0 Å². The van der Waals surface area contributed by atoms with Crippen molar-refractivity contribution >= 4 is 23.4 Å². The van der Waals surface area contributed by atoms with E-state index in [0.717, 1.165) is 16.3 Å². The zero-order valence-electron chi connectivity index (χ0n) is 13.2. The van der Waals surface area contributed by atoms with Crippen molar-refractivity contribution in [1.29, 1.82) is 0 Å². The molecule has 3 aromatic rings. The summed E-state index contributed by atoms with van der Waals surface area (Å²) in [4.78, 5) is 18.9. The number of anilines is 1. The molecule has 0 N–H and O–H groups in total. The second-order valence-corrected chi connectivity index (χ2v) is 6.25. The van der Waals surface area contributed by atoms with Gasteiger partial charge < -0.3 is 4.90 Å². The average molecular weight is 334 g/mol. The number of para-hydroxylation sites is 1. The Morgan fingerprint density at radius 2 is 1.54 bits per heavy atom. The van der Waals surface area contributed by atoms with Gasteiger partial charge in [-0.05, 0) is 29.8 Å².